The minimum absolute atomic E-state index is 0.192. The van der Waals surface area contributed by atoms with Gasteiger partial charge in [0, 0.05) is 17.0 Å². The number of hydrogen-bond acceptors (Lipinski definition) is 8. The fourth-order valence-corrected chi connectivity index (χ4v) is 4.58. The van der Waals surface area contributed by atoms with E-state index in [-0.39, 0.29) is 5.91 Å². The number of para-hydroxylation sites is 2. The average Bonchev–Trinajstić information content (AvgIpc) is 3.49. The number of nitrogens with one attached hydrogen (secondary N) is 1. The van der Waals surface area contributed by atoms with Crippen LogP contribution in [0.3, 0.4) is 0 Å². The number of benzene rings is 3. The minimum atomic E-state index is -0.192. The Hall–Kier alpha value is -3.63. The van der Waals surface area contributed by atoms with E-state index in [2.05, 4.69) is 25.8 Å². The molecule has 0 atom stereocenters. The van der Waals surface area contributed by atoms with Crippen LogP contribution >= 0.6 is 23.5 Å². The van der Waals surface area contributed by atoms with Gasteiger partial charge in [0.2, 0.25) is 5.16 Å². The number of thioether (sulfide) groups is 2. The highest BCUT2D eigenvalue weighted by Gasteiger charge is 2.14. The van der Waals surface area contributed by atoms with E-state index in [0.717, 1.165) is 22.4 Å². The molecule has 0 saturated heterocycles. The van der Waals surface area contributed by atoms with Gasteiger partial charge in [0.15, 0.2) is 5.58 Å². The molecule has 0 aliphatic heterocycles. The lowest BCUT2D eigenvalue weighted by Gasteiger charge is -2.11. The molecule has 0 bridgehead atoms. The van der Waals surface area contributed by atoms with Gasteiger partial charge < -0.3 is 9.73 Å². The number of oxazole rings is 1. The normalized spacial score (nSPS) is 11.1. The summed E-state index contributed by atoms with van der Waals surface area (Å²) in [6.07, 6.45) is 1.91. The van der Waals surface area contributed by atoms with E-state index in [0.29, 0.717) is 27.4 Å². The SMILES string of the molecule is CSc1nnnn1-c1cccc(NC(=O)c2ccccc2CSc2nc3ccccc3o2)c1. The second-order valence-electron chi connectivity index (χ2n) is 6.98. The van der Waals surface area contributed by atoms with Gasteiger partial charge in [0.25, 0.3) is 11.1 Å². The lowest BCUT2D eigenvalue weighted by molar-refractivity contribution is 0.102. The molecule has 0 radical (unpaired) electrons. The van der Waals surface area contributed by atoms with E-state index < -0.39 is 0 Å². The number of hydrogen-bond donors (Lipinski definition) is 1. The van der Waals surface area contributed by atoms with Crippen molar-refractivity contribution >= 4 is 46.2 Å². The van der Waals surface area contributed by atoms with Gasteiger partial charge in [-0.2, -0.15) is 4.68 Å². The van der Waals surface area contributed by atoms with Gasteiger partial charge >= 0.3 is 0 Å². The van der Waals surface area contributed by atoms with Gasteiger partial charge in [0.05, 0.1) is 5.69 Å². The third-order valence-corrected chi connectivity index (χ3v) is 6.36. The van der Waals surface area contributed by atoms with E-state index in [9.17, 15) is 4.79 Å². The number of tetrazole rings is 1. The smallest absolute Gasteiger partial charge is 0.257 e. The molecular formula is C23H18N6O2S2. The van der Waals surface area contributed by atoms with Gasteiger partial charge in [-0.15, -0.1) is 5.10 Å². The van der Waals surface area contributed by atoms with Crippen LogP contribution in [0.15, 0.2) is 87.6 Å². The number of nitrogens with zero attached hydrogens (tertiary/aromatic N) is 5. The number of amides is 1. The third kappa shape index (κ3) is 4.62. The molecule has 8 nitrogen and oxygen atoms in total. The first kappa shape index (κ1) is 21.2. The van der Waals surface area contributed by atoms with E-state index in [1.165, 1.54) is 23.5 Å². The monoisotopic (exact) mass is 474 g/mol. The van der Waals surface area contributed by atoms with E-state index in [1.54, 1.807) is 4.68 Å². The molecule has 0 fully saturated rings. The molecule has 10 heteroatoms. The molecule has 5 aromatic rings. The van der Waals surface area contributed by atoms with Crippen LogP contribution in [0, 0.1) is 0 Å². The Labute approximate surface area is 197 Å². The maximum atomic E-state index is 13.1. The molecular weight excluding hydrogens is 456 g/mol. The van der Waals surface area contributed by atoms with Crippen molar-refractivity contribution in [2.24, 2.45) is 0 Å². The van der Waals surface area contributed by atoms with Crippen LogP contribution in [0.5, 0.6) is 0 Å². The molecule has 1 amide bonds. The zero-order chi connectivity index (χ0) is 22.6. The van der Waals surface area contributed by atoms with Gasteiger partial charge in [-0.05, 0) is 58.6 Å². The summed E-state index contributed by atoms with van der Waals surface area (Å²) in [7, 11) is 0. The predicted molar refractivity (Wildman–Crippen MR) is 129 cm³/mol. The first-order valence-corrected chi connectivity index (χ1v) is 12.2. The van der Waals surface area contributed by atoms with Crippen molar-refractivity contribution < 1.29 is 9.21 Å². The molecule has 3 aromatic carbocycles. The molecule has 0 spiro atoms. The maximum Gasteiger partial charge on any atom is 0.257 e. The van der Waals surface area contributed by atoms with Crippen LogP contribution < -0.4 is 5.32 Å². The van der Waals surface area contributed by atoms with Crippen molar-refractivity contribution in [2.45, 2.75) is 16.1 Å². The summed E-state index contributed by atoms with van der Waals surface area (Å²) < 4.78 is 7.41. The number of aromatic nitrogens is 5. The van der Waals surface area contributed by atoms with Crippen LogP contribution in [0.1, 0.15) is 15.9 Å². The Morgan fingerprint density at radius 2 is 1.91 bits per heavy atom. The quantitative estimate of drug-likeness (QED) is 0.327. The molecule has 164 valence electrons. The number of carbonyl (C=O) groups is 1. The standard InChI is InChI=1S/C23H18N6O2S2/c1-32-22-26-27-28-29(22)17-9-6-8-16(13-17)24-21(30)18-10-3-2-7-15(18)14-33-23-25-19-11-4-5-12-20(19)31-23/h2-13H,14H2,1H3,(H,24,30). The summed E-state index contributed by atoms with van der Waals surface area (Å²) in [5, 5.41) is 15.9. The Bertz CT molecular complexity index is 1400. The molecule has 2 aromatic heterocycles. The Balaban J connectivity index is 1.33. The van der Waals surface area contributed by atoms with Crippen LogP contribution in [0.2, 0.25) is 0 Å². The molecule has 1 N–H and O–H groups in total. The van der Waals surface area contributed by atoms with Gasteiger partial charge in [-0.3, -0.25) is 4.79 Å². The average molecular weight is 475 g/mol. The highest BCUT2D eigenvalue weighted by molar-refractivity contribution is 7.98. The van der Waals surface area contributed by atoms with Crippen LogP contribution in [0.25, 0.3) is 16.8 Å². The molecule has 5 rings (SSSR count). The van der Waals surface area contributed by atoms with E-state index in [1.807, 2.05) is 79.1 Å². The molecule has 0 unspecified atom stereocenters. The summed E-state index contributed by atoms with van der Waals surface area (Å²) >= 11 is 2.90. The zero-order valence-corrected chi connectivity index (χ0v) is 19.1. The van der Waals surface area contributed by atoms with Crippen LogP contribution in [-0.2, 0) is 5.75 Å². The Kier molecular flexibility index (Phi) is 6.09. The number of rotatable bonds is 7. The fourth-order valence-electron chi connectivity index (χ4n) is 3.30. The molecule has 0 saturated carbocycles. The van der Waals surface area contributed by atoms with Crippen molar-refractivity contribution in [3.05, 3.63) is 83.9 Å². The largest absolute Gasteiger partial charge is 0.431 e. The molecule has 2 heterocycles. The summed E-state index contributed by atoms with van der Waals surface area (Å²) in [5.41, 5.74) is 4.47. The zero-order valence-electron chi connectivity index (χ0n) is 17.5. The third-order valence-electron chi connectivity index (χ3n) is 4.86. The molecule has 0 aliphatic carbocycles. The number of carbonyl (C=O) groups excluding carboxylic acids is 1. The van der Waals surface area contributed by atoms with Crippen LogP contribution in [0.4, 0.5) is 5.69 Å². The summed E-state index contributed by atoms with van der Waals surface area (Å²) in [5.74, 6) is 0.362. The van der Waals surface area contributed by atoms with Crippen molar-refractivity contribution in [3.8, 4) is 5.69 Å². The lowest BCUT2D eigenvalue weighted by Crippen LogP contribution is -2.14. The Morgan fingerprint density at radius 1 is 1.06 bits per heavy atom. The van der Waals surface area contributed by atoms with Gasteiger partial charge in [-0.1, -0.05) is 59.9 Å². The minimum Gasteiger partial charge on any atom is -0.431 e. The first-order valence-electron chi connectivity index (χ1n) is 10.0. The number of anilines is 1. The summed E-state index contributed by atoms with van der Waals surface area (Å²) in [6, 6.07) is 22.6. The molecule has 33 heavy (non-hydrogen) atoms. The maximum absolute atomic E-state index is 13.1. The lowest BCUT2D eigenvalue weighted by atomic mass is 10.1. The Morgan fingerprint density at radius 3 is 2.79 bits per heavy atom. The summed E-state index contributed by atoms with van der Waals surface area (Å²) in [4.78, 5) is 17.6. The second kappa shape index (κ2) is 9.47. The van der Waals surface area contributed by atoms with Crippen molar-refractivity contribution in [1.29, 1.82) is 0 Å². The molecule has 0 aliphatic rings. The van der Waals surface area contributed by atoms with Crippen molar-refractivity contribution in [3.63, 3.8) is 0 Å². The van der Waals surface area contributed by atoms with Crippen LogP contribution in [-0.4, -0.2) is 37.4 Å². The second-order valence-corrected chi connectivity index (χ2v) is 8.68. The highest BCUT2D eigenvalue weighted by atomic mass is 32.2. The fraction of sp³-hybridized carbons (Fsp3) is 0.0870. The topological polar surface area (TPSA) is 98.7 Å². The van der Waals surface area contributed by atoms with Crippen molar-refractivity contribution in [1.82, 2.24) is 25.2 Å². The van der Waals surface area contributed by atoms with Crippen molar-refractivity contribution in [2.75, 3.05) is 11.6 Å². The highest BCUT2D eigenvalue weighted by Crippen LogP contribution is 2.28. The van der Waals surface area contributed by atoms with Gasteiger partial charge in [-0.25, -0.2) is 4.98 Å². The first-order chi connectivity index (χ1) is 16.2. The summed E-state index contributed by atoms with van der Waals surface area (Å²) in [6.45, 7) is 0. The number of fused-ring (bicyclic) bond motifs is 1. The van der Waals surface area contributed by atoms with E-state index >= 15 is 0 Å². The van der Waals surface area contributed by atoms with E-state index in [4.69, 9.17) is 4.42 Å². The predicted octanol–water partition coefficient (Wildman–Crippen LogP) is 5.07. The van der Waals surface area contributed by atoms with Gasteiger partial charge in [0.1, 0.15) is 5.52 Å².